The fourth-order valence-corrected chi connectivity index (χ4v) is 2.89. The van der Waals surface area contributed by atoms with Crippen molar-refractivity contribution in [3.8, 4) is 0 Å². The maximum Gasteiger partial charge on any atom is 0.229 e. The maximum absolute atomic E-state index is 11.2. The lowest BCUT2D eigenvalue weighted by Crippen LogP contribution is -2.30. The Labute approximate surface area is 150 Å². The minimum absolute atomic E-state index is 0. The number of amides is 2. The Balaban J connectivity index is 0. The Bertz CT molecular complexity index is 331. The van der Waals surface area contributed by atoms with Gasteiger partial charge < -0.3 is 4.74 Å². The quantitative estimate of drug-likeness (QED) is 0.634. The van der Waals surface area contributed by atoms with Crippen molar-refractivity contribution >= 4 is 11.8 Å². The Hall–Kier alpha value is -0.900. The largest absolute Gasteiger partial charge is 0.378 e. The monoisotopic (exact) mass is 343 g/mol. The van der Waals surface area contributed by atoms with Crippen LogP contribution >= 0.6 is 0 Å². The van der Waals surface area contributed by atoms with Crippen LogP contribution in [0.5, 0.6) is 0 Å². The van der Waals surface area contributed by atoms with Crippen molar-refractivity contribution < 1.29 is 14.3 Å². The van der Waals surface area contributed by atoms with Crippen LogP contribution in [0, 0.1) is 11.8 Å². The highest BCUT2D eigenvalue weighted by Gasteiger charge is 2.27. The normalized spacial score (nSPS) is 19.9. The average molecular weight is 344 g/mol. The van der Waals surface area contributed by atoms with Crippen LogP contribution in [0.15, 0.2) is 0 Å². The molecule has 2 fully saturated rings. The van der Waals surface area contributed by atoms with Gasteiger partial charge in [0.05, 0.1) is 6.10 Å². The number of imide groups is 1. The highest BCUT2D eigenvalue weighted by molar-refractivity contribution is 6.01. The van der Waals surface area contributed by atoms with Gasteiger partial charge in [-0.15, -0.1) is 0 Å². The van der Waals surface area contributed by atoms with Gasteiger partial charge in [-0.1, -0.05) is 42.5 Å². The molecule has 0 aliphatic carbocycles. The number of carbonyl (C=O) groups excluding carboxylic acids is 2. The van der Waals surface area contributed by atoms with Crippen molar-refractivity contribution in [2.75, 3.05) is 13.2 Å². The van der Waals surface area contributed by atoms with Crippen LogP contribution < -0.4 is 0 Å². The molecule has 2 aliphatic rings. The zero-order valence-corrected chi connectivity index (χ0v) is 14.8. The second kappa shape index (κ2) is 13.4. The van der Waals surface area contributed by atoms with Gasteiger partial charge in [-0.3, -0.25) is 14.5 Å². The molecule has 0 N–H and O–H groups in total. The number of ether oxygens (including phenoxy) is 1. The van der Waals surface area contributed by atoms with Gasteiger partial charge in [0.15, 0.2) is 0 Å². The van der Waals surface area contributed by atoms with Crippen molar-refractivity contribution in [2.24, 2.45) is 11.8 Å². The third-order valence-corrected chi connectivity index (χ3v) is 4.08. The van der Waals surface area contributed by atoms with Gasteiger partial charge in [0.25, 0.3) is 0 Å². The van der Waals surface area contributed by atoms with E-state index >= 15 is 0 Å². The predicted molar refractivity (Wildman–Crippen MR) is 102 cm³/mol. The van der Waals surface area contributed by atoms with E-state index in [0.717, 1.165) is 25.4 Å². The summed E-state index contributed by atoms with van der Waals surface area (Å²) in [6, 6.07) is 0. The van der Waals surface area contributed by atoms with Crippen LogP contribution in [0.2, 0.25) is 0 Å². The van der Waals surface area contributed by atoms with Gasteiger partial charge in [-0.05, 0) is 43.9 Å². The van der Waals surface area contributed by atoms with Crippen LogP contribution in [0.3, 0.4) is 0 Å². The summed E-state index contributed by atoms with van der Waals surface area (Å²) >= 11 is 0. The molecule has 0 aromatic heterocycles. The van der Waals surface area contributed by atoms with Crippen molar-refractivity contribution in [1.29, 1.82) is 0 Å². The van der Waals surface area contributed by atoms with E-state index in [1.165, 1.54) is 24.2 Å². The summed E-state index contributed by atoms with van der Waals surface area (Å²) in [5.41, 5.74) is 0. The molecule has 2 aliphatic heterocycles. The van der Waals surface area contributed by atoms with E-state index in [1.54, 1.807) is 0 Å². The van der Waals surface area contributed by atoms with Gasteiger partial charge >= 0.3 is 0 Å². The molecule has 0 bridgehead atoms. The number of hydrogen-bond acceptors (Lipinski definition) is 3. The molecule has 24 heavy (non-hydrogen) atoms. The third-order valence-electron chi connectivity index (χ3n) is 4.08. The number of nitrogens with zero attached hydrogens (tertiary/aromatic N) is 1. The fraction of sp³-hybridized carbons (Fsp3) is 0.900. The summed E-state index contributed by atoms with van der Waals surface area (Å²) in [7, 11) is 0. The molecule has 0 saturated carbocycles. The molecule has 2 rings (SSSR count). The first-order valence-corrected chi connectivity index (χ1v) is 8.85. The molecule has 0 aromatic rings. The van der Waals surface area contributed by atoms with Gasteiger partial charge in [0.2, 0.25) is 11.8 Å². The summed E-state index contributed by atoms with van der Waals surface area (Å²) in [4.78, 5) is 23.7. The molecule has 0 spiro atoms. The van der Waals surface area contributed by atoms with E-state index in [1.807, 2.05) is 0 Å². The van der Waals surface area contributed by atoms with Crippen molar-refractivity contribution in [2.45, 2.75) is 93.6 Å². The van der Waals surface area contributed by atoms with Crippen molar-refractivity contribution in [1.82, 2.24) is 4.90 Å². The topological polar surface area (TPSA) is 46.6 Å². The van der Waals surface area contributed by atoms with Crippen LogP contribution in [0.4, 0.5) is 0 Å². The Morgan fingerprint density at radius 3 is 2.04 bits per heavy atom. The molecule has 4 nitrogen and oxygen atoms in total. The van der Waals surface area contributed by atoms with E-state index in [-0.39, 0.29) is 26.7 Å². The summed E-state index contributed by atoms with van der Waals surface area (Å²) in [5, 5.41) is 0. The molecule has 0 aromatic carbocycles. The molecule has 2 saturated heterocycles. The van der Waals surface area contributed by atoms with Crippen LogP contribution in [0.1, 0.15) is 87.5 Å². The minimum atomic E-state index is 0. The smallest absolute Gasteiger partial charge is 0.229 e. The minimum Gasteiger partial charge on any atom is -0.378 e. The van der Waals surface area contributed by atoms with Crippen LogP contribution in [-0.4, -0.2) is 36.0 Å². The lowest BCUT2D eigenvalue weighted by Gasteiger charge is -2.13. The second-order valence-electron chi connectivity index (χ2n) is 7.24. The third kappa shape index (κ3) is 10.1. The van der Waals surface area contributed by atoms with E-state index in [9.17, 15) is 9.59 Å². The first kappa shape index (κ1) is 25.3. The summed E-state index contributed by atoms with van der Waals surface area (Å²) in [5.74, 6) is 1.46. The van der Waals surface area contributed by atoms with Gasteiger partial charge in [0, 0.05) is 26.0 Å². The Morgan fingerprint density at radius 1 is 1.04 bits per heavy atom. The predicted octanol–water partition coefficient (Wildman–Crippen LogP) is 5.06. The zero-order chi connectivity index (χ0) is 16.5. The Morgan fingerprint density at radius 2 is 1.62 bits per heavy atom. The molecule has 2 heterocycles. The Kier molecular flexibility index (Phi) is 14.1. The SMILES string of the molecule is C.C.CC(C)CC1CCCO1.CC(C)CCCN1C(=O)CCC1=O. The average Bonchev–Trinajstić information content (AvgIpc) is 3.03. The maximum atomic E-state index is 11.2. The van der Waals surface area contributed by atoms with E-state index in [0.29, 0.717) is 31.4 Å². The standard InChI is InChI=1S/C10H17NO2.C8H16O.2CH4/c1-8(2)4-3-7-11-9(12)5-6-10(11)13;1-7(2)6-8-4-3-5-9-8;;/h8H,3-7H2,1-2H3;7-8H,3-6H2,1-2H3;2*1H4. The molecular formula is C20H41NO3. The van der Waals surface area contributed by atoms with Crippen molar-refractivity contribution in [3.63, 3.8) is 0 Å². The molecule has 144 valence electrons. The van der Waals surface area contributed by atoms with E-state index < -0.39 is 0 Å². The highest BCUT2D eigenvalue weighted by Crippen LogP contribution is 2.18. The van der Waals surface area contributed by atoms with Gasteiger partial charge in [-0.25, -0.2) is 0 Å². The summed E-state index contributed by atoms with van der Waals surface area (Å²) < 4.78 is 5.46. The van der Waals surface area contributed by atoms with Gasteiger partial charge in [-0.2, -0.15) is 0 Å². The molecule has 1 atom stereocenters. The lowest BCUT2D eigenvalue weighted by molar-refractivity contribution is -0.138. The van der Waals surface area contributed by atoms with Crippen LogP contribution in [-0.2, 0) is 14.3 Å². The van der Waals surface area contributed by atoms with E-state index in [4.69, 9.17) is 4.74 Å². The number of likely N-dealkylation sites (tertiary alicyclic amines) is 1. The molecule has 0 radical (unpaired) electrons. The summed E-state index contributed by atoms with van der Waals surface area (Å²) in [6.45, 7) is 10.4. The van der Waals surface area contributed by atoms with Gasteiger partial charge in [0.1, 0.15) is 0 Å². The second-order valence-corrected chi connectivity index (χ2v) is 7.24. The first-order valence-electron chi connectivity index (χ1n) is 8.85. The highest BCUT2D eigenvalue weighted by atomic mass is 16.5. The van der Waals surface area contributed by atoms with E-state index in [2.05, 4.69) is 27.7 Å². The molecular weight excluding hydrogens is 302 g/mol. The number of carbonyl (C=O) groups is 2. The molecule has 2 amide bonds. The fourth-order valence-electron chi connectivity index (χ4n) is 2.89. The molecule has 4 heteroatoms. The molecule has 1 unspecified atom stereocenters. The number of rotatable bonds is 6. The first-order chi connectivity index (χ1) is 10.4. The summed E-state index contributed by atoms with van der Waals surface area (Å²) in [6.07, 6.45) is 7.26. The van der Waals surface area contributed by atoms with Crippen LogP contribution in [0.25, 0.3) is 0 Å². The van der Waals surface area contributed by atoms with Crippen molar-refractivity contribution in [3.05, 3.63) is 0 Å². The lowest BCUT2D eigenvalue weighted by atomic mass is 10.0. The number of hydrogen-bond donors (Lipinski definition) is 0. The zero-order valence-electron chi connectivity index (χ0n) is 14.8.